The molecule has 0 bridgehead atoms. The van der Waals surface area contributed by atoms with Gasteiger partial charge in [0.1, 0.15) is 18.0 Å². The van der Waals surface area contributed by atoms with E-state index in [1.54, 1.807) is 10.7 Å². The largest absolute Gasteiger partial charge is 0.325 e. The maximum Gasteiger partial charge on any atom is 0.239 e. The fraction of sp³-hybridized carbons (Fsp3) is 0.182. The van der Waals surface area contributed by atoms with Crippen LogP contribution in [0.2, 0.25) is 0 Å². The lowest BCUT2D eigenvalue weighted by Crippen LogP contribution is -2.12. The normalized spacial score (nSPS) is 10.2. The number of anilines is 1. The van der Waals surface area contributed by atoms with Gasteiger partial charge in [-0.1, -0.05) is 6.07 Å². The molecular formula is C11H11ClN4O. The van der Waals surface area contributed by atoms with Crippen LogP contribution >= 0.6 is 11.6 Å². The van der Waals surface area contributed by atoms with Crippen LogP contribution < -0.4 is 5.32 Å². The van der Waals surface area contributed by atoms with E-state index < -0.39 is 0 Å². The Kier molecular flexibility index (Phi) is 3.39. The summed E-state index contributed by atoms with van der Waals surface area (Å²) >= 11 is 5.43. The number of nitrogens with one attached hydrogen (secondary N) is 1. The van der Waals surface area contributed by atoms with Crippen molar-refractivity contribution < 1.29 is 4.79 Å². The number of amides is 1. The molecule has 0 aliphatic rings. The summed E-state index contributed by atoms with van der Waals surface area (Å²) in [5.74, 6) is 0.483. The zero-order valence-corrected chi connectivity index (χ0v) is 9.98. The molecule has 0 fully saturated rings. The Labute approximate surface area is 103 Å². The maximum absolute atomic E-state index is 11.2. The van der Waals surface area contributed by atoms with E-state index in [2.05, 4.69) is 15.4 Å². The summed E-state index contributed by atoms with van der Waals surface area (Å²) in [4.78, 5) is 15.2. The monoisotopic (exact) mass is 250 g/mol. The molecule has 2 rings (SSSR count). The standard InChI is InChI=1S/C11H11ClN4O/c1-8-13-7-14-16(8)10-4-2-3-9(5-10)15-11(17)6-12/h2-5,7H,6H2,1H3,(H,15,17). The van der Waals surface area contributed by atoms with Crippen molar-refractivity contribution in [1.29, 1.82) is 0 Å². The molecule has 0 spiro atoms. The Bertz CT molecular complexity index is 538. The molecule has 2 aromatic rings. The summed E-state index contributed by atoms with van der Waals surface area (Å²) in [5.41, 5.74) is 1.52. The Balaban J connectivity index is 2.29. The highest BCUT2D eigenvalue weighted by Gasteiger charge is 2.04. The molecule has 0 aliphatic carbocycles. The Morgan fingerprint density at radius 2 is 2.35 bits per heavy atom. The molecule has 1 aromatic carbocycles. The molecule has 1 N–H and O–H groups in total. The second kappa shape index (κ2) is 4.97. The van der Waals surface area contributed by atoms with Crippen LogP contribution in [0.15, 0.2) is 30.6 Å². The number of rotatable bonds is 3. The van der Waals surface area contributed by atoms with Crippen molar-refractivity contribution in [2.45, 2.75) is 6.92 Å². The van der Waals surface area contributed by atoms with Crippen LogP contribution in [-0.2, 0) is 4.79 Å². The molecule has 1 amide bonds. The van der Waals surface area contributed by atoms with Gasteiger partial charge in [-0.2, -0.15) is 5.10 Å². The highest BCUT2D eigenvalue weighted by Crippen LogP contribution is 2.14. The zero-order valence-electron chi connectivity index (χ0n) is 9.22. The highest BCUT2D eigenvalue weighted by molar-refractivity contribution is 6.29. The first-order valence-electron chi connectivity index (χ1n) is 5.03. The summed E-state index contributed by atoms with van der Waals surface area (Å²) in [7, 11) is 0. The number of aromatic nitrogens is 3. The van der Waals surface area contributed by atoms with Gasteiger partial charge in [-0.15, -0.1) is 11.6 Å². The average molecular weight is 251 g/mol. The Morgan fingerprint density at radius 3 is 3.00 bits per heavy atom. The average Bonchev–Trinajstić information content (AvgIpc) is 2.75. The molecule has 0 unspecified atom stereocenters. The minimum atomic E-state index is -0.237. The van der Waals surface area contributed by atoms with Crippen molar-refractivity contribution in [3.8, 4) is 5.69 Å². The van der Waals surface area contributed by atoms with Crippen LogP contribution in [0, 0.1) is 6.92 Å². The van der Waals surface area contributed by atoms with E-state index in [4.69, 9.17) is 11.6 Å². The minimum Gasteiger partial charge on any atom is -0.325 e. The van der Waals surface area contributed by atoms with E-state index in [0.717, 1.165) is 11.5 Å². The van der Waals surface area contributed by atoms with Crippen molar-refractivity contribution in [3.05, 3.63) is 36.4 Å². The van der Waals surface area contributed by atoms with Crippen LogP contribution in [0.5, 0.6) is 0 Å². The number of aryl methyl sites for hydroxylation is 1. The number of carbonyl (C=O) groups excluding carboxylic acids is 1. The van der Waals surface area contributed by atoms with Gasteiger partial charge in [0.05, 0.1) is 5.69 Å². The first-order valence-corrected chi connectivity index (χ1v) is 5.57. The molecule has 0 atom stereocenters. The van der Waals surface area contributed by atoms with Gasteiger partial charge in [-0.25, -0.2) is 9.67 Å². The highest BCUT2D eigenvalue weighted by atomic mass is 35.5. The number of hydrogen-bond donors (Lipinski definition) is 1. The van der Waals surface area contributed by atoms with Crippen molar-refractivity contribution in [2.24, 2.45) is 0 Å². The van der Waals surface area contributed by atoms with Crippen LogP contribution in [-0.4, -0.2) is 26.6 Å². The Morgan fingerprint density at radius 1 is 1.53 bits per heavy atom. The predicted molar refractivity (Wildman–Crippen MR) is 65.4 cm³/mol. The molecule has 1 heterocycles. The fourth-order valence-corrected chi connectivity index (χ4v) is 1.53. The van der Waals surface area contributed by atoms with Crippen molar-refractivity contribution >= 4 is 23.2 Å². The summed E-state index contributed by atoms with van der Waals surface area (Å²) < 4.78 is 1.69. The van der Waals surface area contributed by atoms with Gasteiger partial charge >= 0.3 is 0 Å². The van der Waals surface area contributed by atoms with E-state index >= 15 is 0 Å². The van der Waals surface area contributed by atoms with Crippen LogP contribution in [0.1, 0.15) is 5.82 Å². The first kappa shape index (κ1) is 11.6. The molecule has 0 radical (unpaired) electrons. The molecular weight excluding hydrogens is 240 g/mol. The third-order valence-electron chi connectivity index (χ3n) is 2.21. The first-order chi connectivity index (χ1) is 8.20. The minimum absolute atomic E-state index is 0.0629. The van der Waals surface area contributed by atoms with Gasteiger partial charge in [0.15, 0.2) is 0 Å². The van der Waals surface area contributed by atoms with Crippen LogP contribution in [0.4, 0.5) is 5.69 Å². The third-order valence-corrected chi connectivity index (χ3v) is 2.46. The van der Waals surface area contributed by atoms with Gasteiger partial charge in [0, 0.05) is 5.69 Å². The number of benzene rings is 1. The van der Waals surface area contributed by atoms with Gasteiger partial charge in [-0.3, -0.25) is 4.79 Å². The summed E-state index contributed by atoms with van der Waals surface area (Å²) in [6.07, 6.45) is 1.49. The number of halogens is 1. The molecule has 1 aromatic heterocycles. The maximum atomic E-state index is 11.2. The molecule has 0 saturated heterocycles. The number of alkyl halides is 1. The number of nitrogens with zero attached hydrogens (tertiary/aromatic N) is 3. The topological polar surface area (TPSA) is 59.8 Å². The quantitative estimate of drug-likeness (QED) is 0.845. The molecule has 0 saturated carbocycles. The lowest BCUT2D eigenvalue weighted by atomic mass is 10.2. The van der Waals surface area contributed by atoms with Crippen LogP contribution in [0.25, 0.3) is 5.69 Å². The number of hydrogen-bond acceptors (Lipinski definition) is 3. The lowest BCUT2D eigenvalue weighted by molar-refractivity contribution is -0.113. The molecule has 88 valence electrons. The lowest BCUT2D eigenvalue weighted by Gasteiger charge is -2.07. The predicted octanol–water partition coefficient (Wildman–Crippen LogP) is 1.75. The van der Waals surface area contributed by atoms with E-state index in [9.17, 15) is 4.79 Å². The number of carbonyl (C=O) groups is 1. The molecule has 17 heavy (non-hydrogen) atoms. The smallest absolute Gasteiger partial charge is 0.239 e. The van der Waals surface area contributed by atoms with Gasteiger partial charge in [0.2, 0.25) is 5.91 Å². The van der Waals surface area contributed by atoms with Gasteiger partial charge < -0.3 is 5.32 Å². The fourth-order valence-electron chi connectivity index (χ4n) is 1.46. The van der Waals surface area contributed by atoms with E-state index in [0.29, 0.717) is 5.69 Å². The van der Waals surface area contributed by atoms with Crippen molar-refractivity contribution in [2.75, 3.05) is 11.2 Å². The van der Waals surface area contributed by atoms with E-state index in [-0.39, 0.29) is 11.8 Å². The molecule has 0 aliphatic heterocycles. The zero-order chi connectivity index (χ0) is 12.3. The second-order valence-electron chi connectivity index (χ2n) is 3.45. The Hall–Kier alpha value is -1.88. The summed E-state index contributed by atoms with van der Waals surface area (Å²) in [5, 5.41) is 6.77. The summed E-state index contributed by atoms with van der Waals surface area (Å²) in [6, 6.07) is 7.32. The van der Waals surface area contributed by atoms with Crippen molar-refractivity contribution in [3.63, 3.8) is 0 Å². The molecule has 6 heteroatoms. The van der Waals surface area contributed by atoms with Crippen molar-refractivity contribution in [1.82, 2.24) is 14.8 Å². The van der Waals surface area contributed by atoms with Gasteiger partial charge in [0.25, 0.3) is 0 Å². The van der Waals surface area contributed by atoms with E-state index in [1.165, 1.54) is 6.33 Å². The van der Waals surface area contributed by atoms with E-state index in [1.807, 2.05) is 25.1 Å². The summed E-state index contributed by atoms with van der Waals surface area (Å²) in [6.45, 7) is 1.86. The third kappa shape index (κ3) is 2.62. The van der Waals surface area contributed by atoms with Gasteiger partial charge in [-0.05, 0) is 25.1 Å². The molecule has 5 nitrogen and oxygen atoms in total. The second-order valence-corrected chi connectivity index (χ2v) is 3.72. The van der Waals surface area contributed by atoms with Crippen LogP contribution in [0.3, 0.4) is 0 Å². The SMILES string of the molecule is Cc1ncnn1-c1cccc(NC(=O)CCl)c1.